The summed E-state index contributed by atoms with van der Waals surface area (Å²) in [4.78, 5) is 10.8. The van der Waals surface area contributed by atoms with Gasteiger partial charge in [-0.25, -0.2) is 0 Å². The third kappa shape index (κ3) is 5.18. The molecule has 0 heterocycles. The lowest BCUT2D eigenvalue weighted by Crippen LogP contribution is -1.88. The molecule has 0 aliphatic carbocycles. The molecule has 1 nitrogen and oxygen atoms in total. The van der Waals surface area contributed by atoms with Crippen molar-refractivity contribution in [3.8, 4) is 0 Å². The lowest BCUT2D eigenvalue weighted by Gasteiger charge is -2.04. The maximum Gasteiger partial charge on any atom is 0.245 e. The van der Waals surface area contributed by atoms with Gasteiger partial charge in [-0.3, -0.25) is 4.79 Å². The van der Waals surface area contributed by atoms with Gasteiger partial charge in [0.2, 0.25) is 5.24 Å². The normalized spacial score (nSPS) is 11.6. The Morgan fingerprint density at radius 1 is 1.24 bits per heavy atom. The molecule has 1 aromatic carbocycles. The number of unbranched alkanes of at least 4 members (excludes halogenated alkanes) is 2. The van der Waals surface area contributed by atoms with Crippen LogP contribution < -0.4 is 0 Å². The zero-order valence-electron chi connectivity index (χ0n) is 10.5. The van der Waals surface area contributed by atoms with E-state index in [4.69, 9.17) is 11.6 Å². The van der Waals surface area contributed by atoms with Crippen molar-refractivity contribution in [2.75, 3.05) is 0 Å². The van der Waals surface area contributed by atoms with E-state index in [1.54, 1.807) is 0 Å². The van der Waals surface area contributed by atoms with Gasteiger partial charge in [0.15, 0.2) is 0 Å². The van der Waals surface area contributed by atoms with Gasteiger partial charge >= 0.3 is 0 Å². The summed E-state index contributed by atoms with van der Waals surface area (Å²) < 4.78 is 0. The van der Waals surface area contributed by atoms with Crippen molar-refractivity contribution in [2.45, 2.75) is 39.5 Å². The van der Waals surface area contributed by atoms with Crippen LogP contribution in [0.2, 0.25) is 0 Å². The van der Waals surface area contributed by atoms with Gasteiger partial charge in [-0.2, -0.15) is 0 Å². The molecule has 0 aromatic heterocycles. The average Bonchev–Trinajstić information content (AvgIpc) is 2.29. The van der Waals surface area contributed by atoms with Crippen molar-refractivity contribution in [3.05, 3.63) is 41.5 Å². The molecule has 0 aliphatic rings. The van der Waals surface area contributed by atoms with Gasteiger partial charge in [0.25, 0.3) is 0 Å². The number of carbonyl (C=O) groups is 1. The van der Waals surface area contributed by atoms with Crippen molar-refractivity contribution in [2.24, 2.45) is 0 Å². The van der Waals surface area contributed by atoms with Crippen molar-refractivity contribution in [1.29, 1.82) is 0 Å². The van der Waals surface area contributed by atoms with E-state index in [0.717, 1.165) is 17.6 Å². The van der Waals surface area contributed by atoms with Crippen LogP contribution in [0.3, 0.4) is 0 Å². The summed E-state index contributed by atoms with van der Waals surface area (Å²) in [6.45, 7) is 4.10. The fourth-order valence-corrected chi connectivity index (χ4v) is 1.93. The predicted octanol–water partition coefficient (Wildman–Crippen LogP) is 4.59. The summed E-state index contributed by atoms with van der Waals surface area (Å²) in [7, 11) is 0. The summed E-state index contributed by atoms with van der Waals surface area (Å²) in [5, 5.41) is -0.422. The molecule has 17 heavy (non-hydrogen) atoms. The monoisotopic (exact) mass is 250 g/mol. The second kappa shape index (κ2) is 7.29. The van der Waals surface area contributed by atoms with Crippen LogP contribution in [0.25, 0.3) is 5.57 Å². The molecule has 0 aliphatic heterocycles. The van der Waals surface area contributed by atoms with Gasteiger partial charge in [0.1, 0.15) is 0 Å². The lowest BCUT2D eigenvalue weighted by molar-refractivity contribution is -0.107. The van der Waals surface area contributed by atoms with Crippen molar-refractivity contribution >= 4 is 22.4 Å². The van der Waals surface area contributed by atoms with Gasteiger partial charge in [-0.1, -0.05) is 44.0 Å². The van der Waals surface area contributed by atoms with E-state index < -0.39 is 5.24 Å². The van der Waals surface area contributed by atoms with Crippen molar-refractivity contribution in [1.82, 2.24) is 0 Å². The van der Waals surface area contributed by atoms with Gasteiger partial charge in [0.05, 0.1) is 0 Å². The van der Waals surface area contributed by atoms with E-state index in [9.17, 15) is 4.79 Å². The largest absolute Gasteiger partial charge is 0.276 e. The molecule has 92 valence electrons. The standard InChI is InChI=1S/C15H19ClO/c1-3-4-5-6-13-7-9-14(10-8-13)12(2)11-15(16)17/h7-11H,3-6H2,1-2H3. The average molecular weight is 251 g/mol. The summed E-state index contributed by atoms with van der Waals surface area (Å²) in [6, 6.07) is 8.35. The van der Waals surface area contributed by atoms with Gasteiger partial charge in [-0.05, 0) is 48.1 Å². The Morgan fingerprint density at radius 3 is 2.41 bits per heavy atom. The molecule has 0 atom stereocenters. The Balaban J connectivity index is 2.64. The van der Waals surface area contributed by atoms with Crippen molar-refractivity contribution in [3.63, 3.8) is 0 Å². The minimum Gasteiger partial charge on any atom is -0.276 e. The van der Waals surface area contributed by atoms with Gasteiger partial charge < -0.3 is 0 Å². The highest BCUT2D eigenvalue weighted by atomic mass is 35.5. The highest BCUT2D eigenvalue weighted by Gasteiger charge is 1.99. The van der Waals surface area contributed by atoms with Crippen LogP contribution in [0.15, 0.2) is 30.3 Å². The van der Waals surface area contributed by atoms with E-state index in [1.807, 2.05) is 19.1 Å². The molecular weight excluding hydrogens is 232 g/mol. The Kier molecular flexibility index (Phi) is 5.99. The Morgan fingerprint density at radius 2 is 1.88 bits per heavy atom. The maximum atomic E-state index is 10.8. The molecule has 0 radical (unpaired) electrons. The first kappa shape index (κ1) is 14.0. The van der Waals surface area contributed by atoms with Gasteiger partial charge in [-0.15, -0.1) is 0 Å². The number of aryl methyl sites for hydroxylation is 1. The third-order valence-electron chi connectivity index (χ3n) is 2.81. The first-order valence-electron chi connectivity index (χ1n) is 6.10. The minimum absolute atomic E-state index is 0.422. The van der Waals surface area contributed by atoms with Crippen LogP contribution in [0.1, 0.15) is 44.2 Å². The van der Waals surface area contributed by atoms with E-state index in [-0.39, 0.29) is 0 Å². The van der Waals surface area contributed by atoms with Crippen LogP contribution in [-0.2, 0) is 11.2 Å². The number of hydrogen-bond acceptors (Lipinski definition) is 1. The maximum absolute atomic E-state index is 10.8. The van der Waals surface area contributed by atoms with Crippen LogP contribution in [0, 0.1) is 0 Å². The summed E-state index contributed by atoms with van der Waals surface area (Å²) in [6.07, 6.45) is 6.35. The quantitative estimate of drug-likeness (QED) is 0.410. The number of halogens is 1. The molecule has 0 saturated heterocycles. The van der Waals surface area contributed by atoms with E-state index in [1.165, 1.54) is 30.9 Å². The Bertz CT molecular complexity index is 390. The molecule has 0 saturated carbocycles. The van der Waals surface area contributed by atoms with Gasteiger partial charge in [0, 0.05) is 6.08 Å². The number of hydrogen-bond donors (Lipinski definition) is 0. The van der Waals surface area contributed by atoms with E-state index in [0.29, 0.717) is 0 Å². The van der Waals surface area contributed by atoms with E-state index >= 15 is 0 Å². The molecule has 0 unspecified atom stereocenters. The lowest BCUT2D eigenvalue weighted by atomic mass is 10.0. The fourth-order valence-electron chi connectivity index (χ4n) is 1.77. The van der Waals surface area contributed by atoms with Crippen LogP contribution in [-0.4, -0.2) is 5.24 Å². The molecule has 0 spiro atoms. The van der Waals surface area contributed by atoms with Crippen LogP contribution in [0.4, 0.5) is 0 Å². The zero-order valence-corrected chi connectivity index (χ0v) is 11.3. The Hall–Kier alpha value is -1.08. The molecule has 0 bridgehead atoms. The summed E-state index contributed by atoms with van der Waals surface area (Å²) >= 11 is 5.32. The SMILES string of the molecule is CCCCCc1ccc(C(C)=CC(=O)Cl)cc1. The number of benzene rings is 1. The number of carbonyl (C=O) groups excluding carboxylic acids is 1. The molecule has 0 amide bonds. The first-order valence-corrected chi connectivity index (χ1v) is 6.48. The smallest absolute Gasteiger partial charge is 0.245 e. The molecular formula is C15H19ClO. The molecule has 1 aromatic rings. The molecule has 0 N–H and O–H groups in total. The molecule has 2 heteroatoms. The predicted molar refractivity (Wildman–Crippen MR) is 74.2 cm³/mol. The number of allylic oxidation sites excluding steroid dienone is 2. The van der Waals surface area contributed by atoms with Crippen LogP contribution in [0.5, 0.6) is 0 Å². The molecule has 1 rings (SSSR count). The Labute approximate surface area is 108 Å². The zero-order chi connectivity index (χ0) is 12.7. The first-order chi connectivity index (χ1) is 8.13. The number of rotatable bonds is 6. The second-order valence-electron chi connectivity index (χ2n) is 4.29. The highest BCUT2D eigenvalue weighted by molar-refractivity contribution is 6.66. The second-order valence-corrected chi connectivity index (χ2v) is 4.66. The third-order valence-corrected chi connectivity index (χ3v) is 2.92. The summed E-state index contributed by atoms with van der Waals surface area (Å²) in [5.74, 6) is 0. The minimum atomic E-state index is -0.422. The highest BCUT2D eigenvalue weighted by Crippen LogP contribution is 2.16. The van der Waals surface area contributed by atoms with Crippen molar-refractivity contribution < 1.29 is 4.79 Å². The fraction of sp³-hybridized carbons (Fsp3) is 0.400. The topological polar surface area (TPSA) is 17.1 Å². The van der Waals surface area contributed by atoms with E-state index in [2.05, 4.69) is 19.1 Å². The molecule has 0 fully saturated rings. The summed E-state index contributed by atoms with van der Waals surface area (Å²) in [5.41, 5.74) is 3.32. The van der Waals surface area contributed by atoms with Crippen LogP contribution >= 0.6 is 11.6 Å².